The van der Waals surface area contributed by atoms with Crippen LogP contribution < -0.4 is 0 Å². The van der Waals surface area contributed by atoms with E-state index in [9.17, 15) is 4.79 Å². The number of methoxy groups -OCH3 is 1. The molecule has 0 fully saturated rings. The van der Waals surface area contributed by atoms with Gasteiger partial charge in [-0.3, -0.25) is 15.3 Å². The van der Waals surface area contributed by atoms with E-state index in [-0.39, 0.29) is 5.97 Å². The predicted octanol–water partition coefficient (Wildman–Crippen LogP) is 5.99. The van der Waals surface area contributed by atoms with E-state index in [2.05, 4.69) is 36.0 Å². The molecule has 2 N–H and O–H groups in total. The van der Waals surface area contributed by atoms with Gasteiger partial charge in [0.15, 0.2) is 0 Å². The van der Waals surface area contributed by atoms with Crippen molar-refractivity contribution in [1.82, 2.24) is 0 Å². The van der Waals surface area contributed by atoms with E-state index in [1.165, 1.54) is 58.5 Å². The van der Waals surface area contributed by atoms with Crippen molar-refractivity contribution in [2.75, 3.05) is 7.11 Å². The van der Waals surface area contributed by atoms with Gasteiger partial charge >= 0.3 is 5.97 Å². The third-order valence-electron chi connectivity index (χ3n) is 3.56. The molecule has 0 saturated carbocycles. The van der Waals surface area contributed by atoms with Crippen LogP contribution in [0.15, 0.2) is 24.3 Å². The molecule has 0 unspecified atom stereocenters. The van der Waals surface area contributed by atoms with Crippen molar-refractivity contribution in [2.24, 2.45) is 0 Å². The lowest BCUT2D eigenvalue weighted by atomic mass is 10.1. The number of carbonyl (C=O) groups excluding carboxylic acids is 1. The fourth-order valence-electron chi connectivity index (χ4n) is 2.18. The SMILES string of the molecule is CCCCC/C=C\C/C=C\CCCCCCCC(=O)OC.OO. The summed E-state index contributed by atoms with van der Waals surface area (Å²) in [6.45, 7) is 2.24. The quantitative estimate of drug-likeness (QED) is 0.135. The number of esters is 1. The fraction of sp³-hybridized carbons (Fsp3) is 0.737. The van der Waals surface area contributed by atoms with Crippen molar-refractivity contribution in [1.29, 1.82) is 0 Å². The Balaban J connectivity index is 0. The van der Waals surface area contributed by atoms with Gasteiger partial charge in [-0.15, -0.1) is 0 Å². The van der Waals surface area contributed by atoms with Crippen LogP contribution in [-0.4, -0.2) is 23.6 Å². The summed E-state index contributed by atoms with van der Waals surface area (Å²) in [5.41, 5.74) is 0. The molecule has 0 aliphatic rings. The third kappa shape index (κ3) is 23.3. The molecular formula is C19H36O4. The molecule has 0 aliphatic carbocycles. The molecule has 0 aliphatic heterocycles. The zero-order valence-electron chi connectivity index (χ0n) is 15.0. The van der Waals surface area contributed by atoms with Crippen LogP contribution in [0.4, 0.5) is 0 Å². The van der Waals surface area contributed by atoms with Crippen LogP contribution in [0, 0.1) is 0 Å². The fourth-order valence-corrected chi connectivity index (χ4v) is 2.18. The van der Waals surface area contributed by atoms with Crippen molar-refractivity contribution < 1.29 is 20.0 Å². The van der Waals surface area contributed by atoms with E-state index in [1.807, 2.05) is 0 Å². The minimum absolute atomic E-state index is 0.0827. The zero-order valence-corrected chi connectivity index (χ0v) is 15.0. The molecule has 0 bridgehead atoms. The van der Waals surface area contributed by atoms with E-state index in [0.717, 1.165) is 19.3 Å². The molecule has 0 radical (unpaired) electrons. The lowest BCUT2D eigenvalue weighted by Gasteiger charge is -1.99. The van der Waals surface area contributed by atoms with E-state index >= 15 is 0 Å². The molecule has 0 aromatic heterocycles. The van der Waals surface area contributed by atoms with E-state index in [4.69, 9.17) is 10.5 Å². The Hall–Kier alpha value is -1.13. The Bertz CT molecular complexity index is 285. The molecule has 4 heteroatoms. The maximum atomic E-state index is 10.9. The van der Waals surface area contributed by atoms with Gasteiger partial charge in [-0.1, -0.05) is 63.3 Å². The van der Waals surface area contributed by atoms with Gasteiger partial charge in [0.05, 0.1) is 7.11 Å². The first-order valence-electron chi connectivity index (χ1n) is 8.88. The summed E-state index contributed by atoms with van der Waals surface area (Å²) in [6.07, 6.45) is 23.0. The lowest BCUT2D eigenvalue weighted by molar-refractivity contribution is -0.176. The number of allylic oxidation sites excluding steroid dienone is 4. The molecule has 0 heterocycles. The molecule has 0 aromatic rings. The van der Waals surface area contributed by atoms with Crippen LogP contribution in [0.25, 0.3) is 0 Å². The maximum absolute atomic E-state index is 10.9. The molecule has 0 amide bonds. The molecular weight excluding hydrogens is 292 g/mol. The lowest BCUT2D eigenvalue weighted by Crippen LogP contribution is -1.98. The van der Waals surface area contributed by atoms with Crippen molar-refractivity contribution in [2.45, 2.75) is 84.0 Å². The zero-order chi connectivity index (χ0) is 17.6. The van der Waals surface area contributed by atoms with Gasteiger partial charge in [-0.05, 0) is 38.5 Å². The number of rotatable bonds is 14. The Morgan fingerprint density at radius 3 is 1.91 bits per heavy atom. The van der Waals surface area contributed by atoms with Crippen molar-refractivity contribution in [3.8, 4) is 0 Å². The molecule has 0 atom stereocenters. The van der Waals surface area contributed by atoms with Crippen molar-refractivity contribution in [3.05, 3.63) is 24.3 Å². The van der Waals surface area contributed by atoms with Crippen LogP contribution in [0.3, 0.4) is 0 Å². The largest absolute Gasteiger partial charge is 0.469 e. The van der Waals surface area contributed by atoms with Gasteiger partial charge in [0.2, 0.25) is 0 Å². The van der Waals surface area contributed by atoms with Crippen molar-refractivity contribution in [3.63, 3.8) is 0 Å². The summed E-state index contributed by atoms with van der Waals surface area (Å²) in [7, 11) is 1.45. The summed E-state index contributed by atoms with van der Waals surface area (Å²) >= 11 is 0. The summed E-state index contributed by atoms with van der Waals surface area (Å²) in [5, 5.41) is 12.0. The second kappa shape index (κ2) is 23.1. The molecule has 23 heavy (non-hydrogen) atoms. The van der Waals surface area contributed by atoms with Crippen molar-refractivity contribution >= 4 is 5.97 Å². The third-order valence-corrected chi connectivity index (χ3v) is 3.56. The highest BCUT2D eigenvalue weighted by Gasteiger charge is 1.98. The first kappa shape index (κ1) is 24.1. The first-order valence-corrected chi connectivity index (χ1v) is 8.88. The number of hydrogen-bond acceptors (Lipinski definition) is 4. The van der Waals surface area contributed by atoms with Crippen LogP contribution in [-0.2, 0) is 9.53 Å². The molecule has 0 rings (SSSR count). The van der Waals surface area contributed by atoms with E-state index in [1.54, 1.807) is 0 Å². The van der Waals surface area contributed by atoms with E-state index in [0.29, 0.717) is 6.42 Å². The van der Waals surface area contributed by atoms with Gasteiger partial charge in [0.25, 0.3) is 0 Å². The molecule has 0 spiro atoms. The number of hydrogen-bond donors (Lipinski definition) is 2. The number of unbranched alkanes of at least 4 members (excludes halogenated alkanes) is 8. The summed E-state index contributed by atoms with van der Waals surface area (Å²) < 4.78 is 4.62. The standard InChI is InChI=1S/C19H34O2.H2O2/c1-3-4-5-6-7-8-9-10-11-12-13-14-15-16-17-18-19(20)21-2;1-2/h7-8,10-11H,3-6,9,12-18H2,1-2H3;1-2H/b8-7-,11-10-;. The Labute approximate surface area is 142 Å². The molecule has 136 valence electrons. The minimum atomic E-state index is -0.0827. The minimum Gasteiger partial charge on any atom is -0.469 e. The second-order valence-electron chi connectivity index (χ2n) is 5.56. The van der Waals surface area contributed by atoms with Gasteiger partial charge in [0, 0.05) is 6.42 Å². The smallest absolute Gasteiger partial charge is 0.305 e. The number of ether oxygens (including phenoxy) is 1. The highest BCUT2D eigenvalue weighted by molar-refractivity contribution is 5.68. The Morgan fingerprint density at radius 1 is 0.826 bits per heavy atom. The molecule has 0 saturated heterocycles. The summed E-state index contributed by atoms with van der Waals surface area (Å²) in [6, 6.07) is 0. The van der Waals surface area contributed by atoms with Crippen LogP contribution in [0.5, 0.6) is 0 Å². The topological polar surface area (TPSA) is 66.8 Å². The average molecular weight is 328 g/mol. The predicted molar refractivity (Wildman–Crippen MR) is 96.6 cm³/mol. The average Bonchev–Trinajstić information content (AvgIpc) is 2.59. The summed E-state index contributed by atoms with van der Waals surface area (Å²) in [5.74, 6) is -0.0827. The second-order valence-corrected chi connectivity index (χ2v) is 5.56. The Morgan fingerprint density at radius 2 is 1.35 bits per heavy atom. The molecule has 0 aromatic carbocycles. The normalized spacial score (nSPS) is 10.8. The maximum Gasteiger partial charge on any atom is 0.305 e. The first-order chi connectivity index (χ1) is 11.3. The van der Waals surface area contributed by atoms with Gasteiger partial charge in [-0.25, -0.2) is 0 Å². The highest BCUT2D eigenvalue weighted by atomic mass is 17.0. The van der Waals surface area contributed by atoms with Gasteiger partial charge in [-0.2, -0.15) is 0 Å². The highest BCUT2D eigenvalue weighted by Crippen LogP contribution is 2.08. The summed E-state index contributed by atoms with van der Waals surface area (Å²) in [4.78, 5) is 10.9. The number of carbonyl (C=O) groups is 1. The van der Waals surface area contributed by atoms with Crippen LogP contribution in [0.1, 0.15) is 84.0 Å². The van der Waals surface area contributed by atoms with Crippen LogP contribution in [0.2, 0.25) is 0 Å². The molecule has 4 nitrogen and oxygen atoms in total. The van der Waals surface area contributed by atoms with Gasteiger partial charge in [0.1, 0.15) is 0 Å². The van der Waals surface area contributed by atoms with Gasteiger partial charge < -0.3 is 4.74 Å². The van der Waals surface area contributed by atoms with E-state index < -0.39 is 0 Å². The van der Waals surface area contributed by atoms with Crippen LogP contribution >= 0.6 is 0 Å². The Kier molecular flexibility index (Phi) is 24.3. The monoisotopic (exact) mass is 328 g/mol.